The Bertz CT molecular complexity index is 447. The number of rotatable bonds is 6. The number of nitriles is 1. The number of nitrogens with one attached hydrogen (secondary N) is 1. The molecule has 0 aliphatic rings. The predicted molar refractivity (Wildman–Crippen MR) is 61.6 cm³/mol. The van der Waals surface area contributed by atoms with E-state index in [9.17, 15) is 9.59 Å². The number of ether oxygens (including phenoxy) is 1. The summed E-state index contributed by atoms with van der Waals surface area (Å²) >= 11 is 0. The highest BCUT2D eigenvalue weighted by molar-refractivity contribution is 6.10. The number of carbonyl (C=O) groups excluding carboxylic acids is 2. The molecular weight excluding hydrogens is 236 g/mol. The van der Waals surface area contributed by atoms with Crippen LogP contribution in [-0.2, 0) is 9.53 Å². The minimum Gasteiger partial charge on any atom is -0.461 e. The fourth-order valence-corrected chi connectivity index (χ4v) is 1.42. The molecule has 2 atom stereocenters. The van der Waals surface area contributed by atoms with E-state index >= 15 is 0 Å². The van der Waals surface area contributed by atoms with Crippen LogP contribution in [0.3, 0.4) is 0 Å². The van der Waals surface area contributed by atoms with Gasteiger partial charge in [-0.25, -0.2) is 0 Å². The Labute approximate surface area is 105 Å². The van der Waals surface area contributed by atoms with Crippen molar-refractivity contribution in [1.29, 1.82) is 5.26 Å². The monoisotopic (exact) mass is 250 g/mol. The molecule has 1 aromatic rings. The third kappa shape index (κ3) is 3.43. The quantitative estimate of drug-likeness (QED) is 0.594. The molecule has 1 aromatic heterocycles. The molecule has 1 heterocycles. The Balaban J connectivity index is 2.70. The first-order valence-corrected chi connectivity index (χ1v) is 5.36. The van der Waals surface area contributed by atoms with Crippen LogP contribution in [-0.4, -0.2) is 31.4 Å². The van der Waals surface area contributed by atoms with Crippen molar-refractivity contribution in [2.24, 2.45) is 5.92 Å². The smallest absolute Gasteiger partial charge is 0.245 e. The molecule has 96 valence electrons. The van der Waals surface area contributed by atoms with Crippen LogP contribution in [0.15, 0.2) is 22.8 Å². The second-order valence-electron chi connectivity index (χ2n) is 3.77. The molecular formula is C12H14N2O4. The lowest BCUT2D eigenvalue weighted by atomic mass is 10.0. The van der Waals surface area contributed by atoms with Crippen LogP contribution in [0.1, 0.15) is 17.5 Å². The van der Waals surface area contributed by atoms with Gasteiger partial charge in [-0.05, 0) is 19.1 Å². The van der Waals surface area contributed by atoms with Crippen molar-refractivity contribution in [2.45, 2.75) is 13.0 Å². The van der Waals surface area contributed by atoms with E-state index in [-0.39, 0.29) is 11.8 Å². The van der Waals surface area contributed by atoms with Gasteiger partial charge in [0.15, 0.2) is 11.7 Å². The van der Waals surface area contributed by atoms with Crippen molar-refractivity contribution in [2.75, 3.05) is 13.7 Å². The molecule has 2 unspecified atom stereocenters. The molecule has 0 saturated heterocycles. The summed E-state index contributed by atoms with van der Waals surface area (Å²) in [5, 5.41) is 11.4. The summed E-state index contributed by atoms with van der Waals surface area (Å²) in [5.74, 6) is -2.71. The predicted octanol–water partition coefficient (Wildman–Crippen LogP) is 0.753. The maximum absolute atomic E-state index is 11.8. The molecule has 0 aliphatic heterocycles. The summed E-state index contributed by atoms with van der Waals surface area (Å²) < 4.78 is 9.72. The summed E-state index contributed by atoms with van der Waals surface area (Å²) in [4.78, 5) is 23.6. The number of ketones is 1. The third-order valence-electron chi connectivity index (χ3n) is 2.22. The summed E-state index contributed by atoms with van der Waals surface area (Å²) in [6.07, 6.45) is 1.31. The van der Waals surface area contributed by atoms with Crippen LogP contribution in [0.4, 0.5) is 0 Å². The van der Waals surface area contributed by atoms with Crippen LogP contribution in [0, 0.1) is 17.2 Å². The average Bonchev–Trinajstić information content (AvgIpc) is 2.83. The van der Waals surface area contributed by atoms with Gasteiger partial charge in [0, 0.05) is 13.2 Å². The Morgan fingerprint density at radius 1 is 1.61 bits per heavy atom. The van der Waals surface area contributed by atoms with E-state index < -0.39 is 17.6 Å². The normalized spacial score (nSPS) is 13.4. The van der Waals surface area contributed by atoms with Gasteiger partial charge in [-0.3, -0.25) is 9.59 Å². The number of furan rings is 1. The number of hydrogen-bond acceptors (Lipinski definition) is 5. The number of amides is 1. The number of Topliss-reactive ketones (excluding diaryl/α,β-unsaturated/α-hetero) is 1. The molecule has 0 aliphatic carbocycles. The van der Waals surface area contributed by atoms with Gasteiger partial charge in [-0.15, -0.1) is 0 Å². The summed E-state index contributed by atoms with van der Waals surface area (Å²) in [7, 11) is 1.50. The van der Waals surface area contributed by atoms with Crippen LogP contribution >= 0.6 is 0 Å². The van der Waals surface area contributed by atoms with E-state index in [2.05, 4.69) is 5.32 Å². The molecule has 6 nitrogen and oxygen atoms in total. The molecule has 0 radical (unpaired) electrons. The largest absolute Gasteiger partial charge is 0.461 e. The Kier molecular flexibility index (Phi) is 5.08. The Morgan fingerprint density at radius 2 is 2.33 bits per heavy atom. The number of nitrogens with zero attached hydrogens (tertiary/aromatic N) is 1. The van der Waals surface area contributed by atoms with E-state index in [1.54, 1.807) is 13.0 Å². The van der Waals surface area contributed by atoms with E-state index in [0.29, 0.717) is 6.61 Å². The fraction of sp³-hybridized carbons (Fsp3) is 0.417. The molecule has 18 heavy (non-hydrogen) atoms. The number of hydrogen-bond donors (Lipinski definition) is 1. The molecule has 1 N–H and O–H groups in total. The van der Waals surface area contributed by atoms with E-state index in [4.69, 9.17) is 14.4 Å². The fourth-order valence-electron chi connectivity index (χ4n) is 1.42. The van der Waals surface area contributed by atoms with Gasteiger partial charge in [0.1, 0.15) is 0 Å². The maximum atomic E-state index is 11.8. The molecule has 0 spiro atoms. The van der Waals surface area contributed by atoms with E-state index in [1.807, 2.05) is 0 Å². The van der Waals surface area contributed by atoms with Gasteiger partial charge < -0.3 is 14.5 Å². The topological polar surface area (TPSA) is 92.3 Å². The summed E-state index contributed by atoms with van der Waals surface area (Å²) in [5.41, 5.74) is 0. The minimum atomic E-state index is -1.41. The zero-order valence-corrected chi connectivity index (χ0v) is 10.2. The van der Waals surface area contributed by atoms with Crippen molar-refractivity contribution >= 4 is 11.7 Å². The first-order chi connectivity index (χ1) is 8.60. The Morgan fingerprint density at radius 3 is 2.83 bits per heavy atom. The minimum absolute atomic E-state index is 0.00362. The second-order valence-corrected chi connectivity index (χ2v) is 3.77. The Hall–Kier alpha value is -2.13. The lowest BCUT2D eigenvalue weighted by Crippen LogP contribution is -2.41. The zero-order valence-electron chi connectivity index (χ0n) is 10.2. The molecule has 1 rings (SSSR count). The van der Waals surface area contributed by atoms with Crippen molar-refractivity contribution in [3.63, 3.8) is 0 Å². The summed E-state index contributed by atoms with van der Waals surface area (Å²) in [6.45, 7) is 2.02. The highest BCUT2D eigenvalue weighted by Crippen LogP contribution is 2.09. The lowest BCUT2D eigenvalue weighted by molar-refractivity contribution is -0.123. The van der Waals surface area contributed by atoms with Gasteiger partial charge in [0.05, 0.1) is 18.9 Å². The first-order valence-electron chi connectivity index (χ1n) is 5.36. The highest BCUT2D eigenvalue weighted by Gasteiger charge is 2.29. The lowest BCUT2D eigenvalue weighted by Gasteiger charge is -2.14. The van der Waals surface area contributed by atoms with Crippen molar-refractivity contribution in [1.82, 2.24) is 5.32 Å². The molecule has 0 aromatic carbocycles. The van der Waals surface area contributed by atoms with Crippen LogP contribution < -0.4 is 5.32 Å². The van der Waals surface area contributed by atoms with Gasteiger partial charge in [-0.2, -0.15) is 5.26 Å². The van der Waals surface area contributed by atoms with E-state index in [1.165, 1.54) is 25.5 Å². The van der Waals surface area contributed by atoms with Crippen molar-refractivity contribution < 1.29 is 18.7 Å². The second kappa shape index (κ2) is 6.57. The first kappa shape index (κ1) is 13.9. The standard InChI is InChI=1S/C12H14N2O4/c1-8(7-17-2)14-12(16)9(6-13)11(15)10-4-3-5-18-10/h3-5,8-9H,7H2,1-2H3,(H,14,16). The highest BCUT2D eigenvalue weighted by atomic mass is 16.5. The SMILES string of the molecule is COCC(C)NC(=O)C(C#N)C(=O)c1ccco1. The number of carbonyl (C=O) groups is 2. The zero-order chi connectivity index (χ0) is 13.5. The average molecular weight is 250 g/mol. The van der Waals surface area contributed by atoms with Gasteiger partial charge >= 0.3 is 0 Å². The van der Waals surface area contributed by atoms with Crippen molar-refractivity contribution in [3.8, 4) is 6.07 Å². The molecule has 0 saturated carbocycles. The third-order valence-corrected chi connectivity index (χ3v) is 2.22. The van der Waals surface area contributed by atoms with Crippen LogP contribution in [0.2, 0.25) is 0 Å². The van der Waals surface area contributed by atoms with Crippen molar-refractivity contribution in [3.05, 3.63) is 24.2 Å². The van der Waals surface area contributed by atoms with Gasteiger partial charge in [0.25, 0.3) is 0 Å². The van der Waals surface area contributed by atoms with Crippen LogP contribution in [0.25, 0.3) is 0 Å². The van der Waals surface area contributed by atoms with Gasteiger partial charge in [-0.1, -0.05) is 0 Å². The maximum Gasteiger partial charge on any atom is 0.245 e. The molecule has 6 heteroatoms. The molecule has 0 fully saturated rings. The van der Waals surface area contributed by atoms with E-state index in [0.717, 1.165) is 0 Å². The molecule has 1 amide bonds. The van der Waals surface area contributed by atoms with Gasteiger partial charge in [0.2, 0.25) is 11.7 Å². The summed E-state index contributed by atoms with van der Waals surface area (Å²) in [6, 6.07) is 4.34. The van der Waals surface area contributed by atoms with Crippen LogP contribution in [0.5, 0.6) is 0 Å². The molecule has 0 bridgehead atoms. The number of methoxy groups -OCH3 is 1.